The molecule has 1 saturated heterocycles. The van der Waals surface area contributed by atoms with E-state index < -0.39 is 5.97 Å². The zero-order chi connectivity index (χ0) is 16.6. The molecule has 1 aromatic carbocycles. The van der Waals surface area contributed by atoms with Gasteiger partial charge in [-0.15, -0.1) is 0 Å². The van der Waals surface area contributed by atoms with E-state index in [9.17, 15) is 14.4 Å². The normalized spacial score (nSPS) is 38.1. The molecule has 2 bridgehead atoms. The van der Waals surface area contributed by atoms with Gasteiger partial charge in [-0.1, -0.05) is 12.2 Å². The Kier molecular flexibility index (Phi) is 2.65. The number of rotatable bonds is 2. The van der Waals surface area contributed by atoms with E-state index in [0.29, 0.717) is 23.1 Å². The second kappa shape index (κ2) is 4.56. The van der Waals surface area contributed by atoms with Gasteiger partial charge in [-0.25, -0.2) is 4.79 Å². The number of allylic oxidation sites excluding steroid dienone is 2. The Bertz CT molecular complexity index is 760. The molecular weight excluding hydrogens is 306 g/mol. The molecule has 0 N–H and O–H groups in total. The molecular formula is C19H17NO4. The molecule has 1 aromatic rings. The largest absolute Gasteiger partial charge is 0.465 e. The van der Waals surface area contributed by atoms with Gasteiger partial charge in [-0.2, -0.15) is 0 Å². The summed E-state index contributed by atoms with van der Waals surface area (Å²) in [6.45, 7) is 0. The van der Waals surface area contributed by atoms with Gasteiger partial charge in [-0.05, 0) is 54.4 Å². The minimum absolute atomic E-state index is 0.0829. The Hall–Kier alpha value is -2.43. The molecule has 2 amide bonds. The fourth-order valence-corrected chi connectivity index (χ4v) is 5.08. The molecule has 6 atom stereocenters. The number of ether oxygens (including phenoxy) is 1. The standard InChI is InChI=1S/C19H17NO4/c1-24-19(23)9-2-4-10(5-3-9)20-17(21)15-11-6-7-12(14-8-13(11)14)16(15)18(20)22/h2-7,11-16H,8H2,1H3/t11-,12-,13-,14-,15+,16+/m1/s1. The number of imide groups is 1. The van der Waals surface area contributed by atoms with Gasteiger partial charge in [0.2, 0.25) is 11.8 Å². The molecule has 6 rings (SSSR count). The van der Waals surface area contributed by atoms with Gasteiger partial charge in [-0.3, -0.25) is 14.5 Å². The van der Waals surface area contributed by atoms with Crippen molar-refractivity contribution < 1.29 is 19.1 Å². The Morgan fingerprint density at radius 1 is 1.00 bits per heavy atom. The molecule has 1 heterocycles. The Morgan fingerprint density at radius 2 is 1.54 bits per heavy atom. The lowest BCUT2D eigenvalue weighted by molar-refractivity contribution is -0.124. The number of hydrogen-bond donors (Lipinski definition) is 0. The Balaban J connectivity index is 1.49. The summed E-state index contributed by atoms with van der Waals surface area (Å²) in [4.78, 5) is 38.8. The van der Waals surface area contributed by atoms with Crippen LogP contribution in [0.4, 0.5) is 5.69 Å². The molecule has 4 aliphatic carbocycles. The van der Waals surface area contributed by atoms with Crippen molar-refractivity contribution in [2.45, 2.75) is 6.42 Å². The second-order valence-electron chi connectivity index (χ2n) is 7.20. The zero-order valence-electron chi connectivity index (χ0n) is 13.2. The van der Waals surface area contributed by atoms with Crippen LogP contribution in [0.2, 0.25) is 0 Å². The number of nitrogens with zero attached hydrogens (tertiary/aromatic N) is 1. The summed E-state index contributed by atoms with van der Waals surface area (Å²) in [5.41, 5.74) is 0.945. The highest BCUT2D eigenvalue weighted by Crippen LogP contribution is 2.65. The van der Waals surface area contributed by atoms with E-state index in [-0.39, 0.29) is 35.5 Å². The Morgan fingerprint density at radius 3 is 2.04 bits per heavy atom. The smallest absolute Gasteiger partial charge is 0.337 e. The van der Waals surface area contributed by atoms with Crippen molar-refractivity contribution in [3.8, 4) is 0 Å². The molecule has 5 heteroatoms. The number of methoxy groups -OCH3 is 1. The number of esters is 1. The number of amides is 2. The molecule has 1 aliphatic heterocycles. The van der Waals surface area contributed by atoms with Crippen molar-refractivity contribution in [1.82, 2.24) is 0 Å². The maximum Gasteiger partial charge on any atom is 0.337 e. The molecule has 5 aliphatic rings. The molecule has 24 heavy (non-hydrogen) atoms. The lowest BCUT2D eigenvalue weighted by Gasteiger charge is -2.37. The summed E-state index contributed by atoms with van der Waals surface area (Å²) in [5.74, 6) is 0.645. The summed E-state index contributed by atoms with van der Waals surface area (Å²) in [6, 6.07) is 6.48. The predicted octanol–water partition coefficient (Wildman–Crippen LogP) is 2.03. The van der Waals surface area contributed by atoms with E-state index in [0.717, 1.165) is 6.42 Å². The van der Waals surface area contributed by atoms with Crippen molar-refractivity contribution in [3.63, 3.8) is 0 Å². The molecule has 5 nitrogen and oxygen atoms in total. The van der Waals surface area contributed by atoms with Crippen LogP contribution in [0.5, 0.6) is 0 Å². The first-order valence-electron chi connectivity index (χ1n) is 8.36. The topological polar surface area (TPSA) is 63.7 Å². The highest BCUT2D eigenvalue weighted by Gasteiger charge is 2.67. The first-order valence-corrected chi connectivity index (χ1v) is 8.36. The molecule has 0 radical (unpaired) electrons. The highest BCUT2D eigenvalue weighted by molar-refractivity contribution is 6.22. The van der Waals surface area contributed by atoms with Crippen LogP contribution in [0.25, 0.3) is 0 Å². The summed E-state index contributed by atoms with van der Waals surface area (Å²) in [5, 5.41) is 0. The summed E-state index contributed by atoms with van der Waals surface area (Å²) in [7, 11) is 1.32. The average Bonchev–Trinajstić information content (AvgIpc) is 3.39. The summed E-state index contributed by atoms with van der Waals surface area (Å²) >= 11 is 0. The van der Waals surface area contributed by atoms with Crippen LogP contribution in [0.15, 0.2) is 36.4 Å². The van der Waals surface area contributed by atoms with Crippen molar-refractivity contribution in [3.05, 3.63) is 42.0 Å². The second-order valence-corrected chi connectivity index (χ2v) is 7.20. The molecule has 3 fully saturated rings. The van der Waals surface area contributed by atoms with Gasteiger partial charge in [0.05, 0.1) is 30.2 Å². The highest BCUT2D eigenvalue weighted by atomic mass is 16.5. The van der Waals surface area contributed by atoms with Crippen LogP contribution < -0.4 is 4.90 Å². The monoisotopic (exact) mass is 323 g/mol. The van der Waals surface area contributed by atoms with Crippen LogP contribution in [0.3, 0.4) is 0 Å². The predicted molar refractivity (Wildman–Crippen MR) is 85.0 cm³/mol. The summed E-state index contributed by atoms with van der Waals surface area (Å²) < 4.78 is 4.68. The van der Waals surface area contributed by atoms with E-state index in [2.05, 4.69) is 16.9 Å². The van der Waals surface area contributed by atoms with Crippen molar-refractivity contribution in [2.24, 2.45) is 35.5 Å². The lowest BCUT2D eigenvalue weighted by atomic mass is 9.63. The fraction of sp³-hybridized carbons (Fsp3) is 0.421. The molecule has 0 spiro atoms. The lowest BCUT2D eigenvalue weighted by Crippen LogP contribution is -2.40. The van der Waals surface area contributed by atoms with Crippen molar-refractivity contribution >= 4 is 23.5 Å². The molecule has 0 aromatic heterocycles. The Labute approximate surface area is 139 Å². The van der Waals surface area contributed by atoms with E-state index in [1.54, 1.807) is 24.3 Å². The number of hydrogen-bond acceptors (Lipinski definition) is 4. The SMILES string of the molecule is COC(=O)c1ccc(N2C(=O)[C@H]3[C@@H]4C=C[C@H]([C@H]5C[C@H]45)[C@@H]3C2=O)cc1. The van der Waals surface area contributed by atoms with E-state index in [1.165, 1.54) is 12.0 Å². The molecule has 122 valence electrons. The van der Waals surface area contributed by atoms with E-state index >= 15 is 0 Å². The number of carbonyl (C=O) groups is 3. The van der Waals surface area contributed by atoms with Gasteiger partial charge in [0.25, 0.3) is 0 Å². The maximum absolute atomic E-state index is 13.0. The van der Waals surface area contributed by atoms with Gasteiger partial charge in [0, 0.05) is 0 Å². The maximum atomic E-state index is 13.0. The molecule has 2 saturated carbocycles. The van der Waals surface area contributed by atoms with Crippen LogP contribution in [-0.4, -0.2) is 24.9 Å². The third-order valence-electron chi connectivity index (χ3n) is 6.21. The number of benzene rings is 1. The average molecular weight is 323 g/mol. The van der Waals surface area contributed by atoms with Crippen LogP contribution >= 0.6 is 0 Å². The van der Waals surface area contributed by atoms with E-state index in [1.807, 2.05) is 0 Å². The minimum atomic E-state index is -0.434. The minimum Gasteiger partial charge on any atom is -0.465 e. The van der Waals surface area contributed by atoms with Crippen molar-refractivity contribution in [1.29, 1.82) is 0 Å². The van der Waals surface area contributed by atoms with E-state index in [4.69, 9.17) is 0 Å². The molecule has 0 unspecified atom stereocenters. The van der Waals surface area contributed by atoms with Gasteiger partial charge < -0.3 is 4.74 Å². The van der Waals surface area contributed by atoms with Crippen molar-refractivity contribution in [2.75, 3.05) is 12.0 Å². The number of carbonyl (C=O) groups excluding carboxylic acids is 3. The van der Waals surface area contributed by atoms with Crippen LogP contribution in [0.1, 0.15) is 16.8 Å². The van der Waals surface area contributed by atoms with Crippen LogP contribution in [-0.2, 0) is 14.3 Å². The van der Waals surface area contributed by atoms with Gasteiger partial charge in [0.15, 0.2) is 0 Å². The fourth-order valence-electron chi connectivity index (χ4n) is 5.08. The van der Waals surface area contributed by atoms with Gasteiger partial charge >= 0.3 is 5.97 Å². The number of anilines is 1. The van der Waals surface area contributed by atoms with Crippen LogP contribution in [0, 0.1) is 35.5 Å². The first kappa shape index (κ1) is 14.0. The third kappa shape index (κ3) is 1.62. The van der Waals surface area contributed by atoms with Gasteiger partial charge in [0.1, 0.15) is 0 Å². The first-order chi connectivity index (χ1) is 11.6. The third-order valence-corrected chi connectivity index (χ3v) is 6.21. The summed E-state index contributed by atoms with van der Waals surface area (Å²) in [6.07, 6.45) is 5.48. The zero-order valence-corrected chi connectivity index (χ0v) is 13.2. The quantitative estimate of drug-likeness (QED) is 0.475.